The first-order valence-electron chi connectivity index (χ1n) is 7.32. The molecule has 0 fully saturated rings. The summed E-state index contributed by atoms with van der Waals surface area (Å²) in [4.78, 5) is 16.6. The standard InChI is InChI=1S/C14H15Cl2N7O/c1-2-24-6-5-23-12-11(9(7-15)22-23)20-14(16)21-13(12)19-10-3-4-17-8-18-10/h3-4,8H,2,5-7H2,1H3,(H,17,18,19,20,21). The number of fused-ring (bicyclic) bond motifs is 1. The summed E-state index contributed by atoms with van der Waals surface area (Å²) < 4.78 is 7.18. The lowest BCUT2D eigenvalue weighted by Crippen LogP contribution is -2.09. The molecule has 0 spiro atoms. The fraction of sp³-hybridized carbons (Fsp3) is 0.357. The molecule has 0 aliphatic rings. The lowest BCUT2D eigenvalue weighted by molar-refractivity contribution is 0.137. The number of rotatable bonds is 7. The van der Waals surface area contributed by atoms with E-state index in [1.54, 1.807) is 16.9 Å². The van der Waals surface area contributed by atoms with Gasteiger partial charge in [-0.05, 0) is 24.6 Å². The first-order valence-corrected chi connectivity index (χ1v) is 8.23. The Hall–Kier alpha value is -2.03. The second-order valence-corrected chi connectivity index (χ2v) is 5.36. The first-order chi connectivity index (χ1) is 11.7. The molecule has 3 rings (SSSR count). The van der Waals surface area contributed by atoms with Crippen LogP contribution in [0, 0.1) is 0 Å². The largest absolute Gasteiger partial charge is 0.380 e. The highest BCUT2D eigenvalue weighted by Gasteiger charge is 2.18. The van der Waals surface area contributed by atoms with Crippen LogP contribution < -0.4 is 5.32 Å². The van der Waals surface area contributed by atoms with Crippen LogP contribution in [0.25, 0.3) is 11.0 Å². The monoisotopic (exact) mass is 367 g/mol. The minimum Gasteiger partial charge on any atom is -0.380 e. The minimum absolute atomic E-state index is 0.106. The van der Waals surface area contributed by atoms with E-state index in [-0.39, 0.29) is 11.2 Å². The van der Waals surface area contributed by atoms with Gasteiger partial charge < -0.3 is 10.1 Å². The van der Waals surface area contributed by atoms with E-state index in [0.717, 1.165) is 0 Å². The molecule has 126 valence electrons. The van der Waals surface area contributed by atoms with Crippen molar-refractivity contribution in [3.8, 4) is 0 Å². The molecule has 24 heavy (non-hydrogen) atoms. The van der Waals surface area contributed by atoms with Gasteiger partial charge in [-0.25, -0.2) is 15.0 Å². The molecule has 3 aromatic rings. The summed E-state index contributed by atoms with van der Waals surface area (Å²) in [6.07, 6.45) is 3.07. The molecule has 0 aliphatic heterocycles. The number of nitrogens with one attached hydrogen (secondary N) is 1. The lowest BCUT2D eigenvalue weighted by Gasteiger charge is -2.09. The van der Waals surface area contributed by atoms with Gasteiger partial charge >= 0.3 is 0 Å². The second kappa shape index (κ2) is 7.69. The van der Waals surface area contributed by atoms with Crippen molar-refractivity contribution in [2.75, 3.05) is 18.5 Å². The zero-order chi connectivity index (χ0) is 16.9. The van der Waals surface area contributed by atoms with Gasteiger partial charge in [-0.3, -0.25) is 4.68 Å². The Bertz CT molecular complexity index is 825. The number of hydrogen-bond donors (Lipinski definition) is 1. The van der Waals surface area contributed by atoms with Crippen LogP contribution in [0.2, 0.25) is 5.28 Å². The van der Waals surface area contributed by atoms with E-state index in [1.165, 1.54) is 6.33 Å². The topological polar surface area (TPSA) is 90.6 Å². The van der Waals surface area contributed by atoms with Gasteiger partial charge in [-0.15, -0.1) is 11.6 Å². The third kappa shape index (κ3) is 3.55. The van der Waals surface area contributed by atoms with Crippen molar-refractivity contribution in [3.63, 3.8) is 0 Å². The van der Waals surface area contributed by atoms with E-state index in [4.69, 9.17) is 27.9 Å². The molecule has 0 radical (unpaired) electrons. The normalized spacial score (nSPS) is 11.1. The summed E-state index contributed by atoms with van der Waals surface area (Å²) in [6.45, 7) is 3.64. The van der Waals surface area contributed by atoms with Crippen molar-refractivity contribution in [1.29, 1.82) is 0 Å². The Balaban J connectivity index is 2.07. The van der Waals surface area contributed by atoms with Crippen LogP contribution in [0.1, 0.15) is 12.6 Å². The number of halogens is 2. The van der Waals surface area contributed by atoms with Crippen molar-refractivity contribution in [1.82, 2.24) is 29.7 Å². The minimum atomic E-state index is 0.106. The molecule has 0 aliphatic carbocycles. The summed E-state index contributed by atoms with van der Waals surface area (Å²) in [5.74, 6) is 1.31. The van der Waals surface area contributed by atoms with Crippen LogP contribution in [-0.4, -0.2) is 42.9 Å². The van der Waals surface area contributed by atoms with Gasteiger partial charge in [0.2, 0.25) is 5.28 Å². The molecule has 8 nitrogen and oxygen atoms in total. The number of nitrogens with zero attached hydrogens (tertiary/aromatic N) is 6. The van der Waals surface area contributed by atoms with Crippen LogP contribution in [0.15, 0.2) is 18.6 Å². The van der Waals surface area contributed by atoms with Gasteiger partial charge in [-0.1, -0.05) is 0 Å². The fourth-order valence-electron chi connectivity index (χ4n) is 2.24. The molecular weight excluding hydrogens is 353 g/mol. The fourth-order valence-corrected chi connectivity index (χ4v) is 2.59. The molecule has 3 heterocycles. The third-order valence-electron chi connectivity index (χ3n) is 3.24. The quantitative estimate of drug-likeness (QED) is 0.390. The van der Waals surface area contributed by atoms with E-state index in [1.807, 2.05) is 6.92 Å². The molecule has 0 saturated carbocycles. The number of hydrogen-bond acceptors (Lipinski definition) is 7. The molecule has 3 aromatic heterocycles. The van der Waals surface area contributed by atoms with Crippen LogP contribution in [0.4, 0.5) is 11.6 Å². The van der Waals surface area contributed by atoms with E-state index in [0.29, 0.717) is 48.1 Å². The summed E-state index contributed by atoms with van der Waals surface area (Å²) in [5, 5.41) is 7.72. The molecule has 0 unspecified atom stereocenters. The highest BCUT2D eigenvalue weighted by atomic mass is 35.5. The predicted octanol–water partition coefficient (Wildman–Crippen LogP) is 2.79. The van der Waals surface area contributed by atoms with E-state index < -0.39 is 0 Å². The zero-order valence-corrected chi connectivity index (χ0v) is 14.4. The van der Waals surface area contributed by atoms with Gasteiger partial charge in [0, 0.05) is 12.8 Å². The average Bonchev–Trinajstić information content (AvgIpc) is 2.94. The molecule has 0 aromatic carbocycles. The van der Waals surface area contributed by atoms with Crippen molar-refractivity contribution in [3.05, 3.63) is 29.6 Å². The van der Waals surface area contributed by atoms with Crippen molar-refractivity contribution in [2.45, 2.75) is 19.3 Å². The van der Waals surface area contributed by atoms with E-state index in [2.05, 4.69) is 30.4 Å². The highest BCUT2D eigenvalue weighted by molar-refractivity contribution is 6.29. The zero-order valence-electron chi connectivity index (χ0n) is 12.9. The van der Waals surface area contributed by atoms with E-state index in [9.17, 15) is 0 Å². The van der Waals surface area contributed by atoms with Crippen LogP contribution >= 0.6 is 23.2 Å². The summed E-state index contributed by atoms with van der Waals surface area (Å²) in [7, 11) is 0. The Morgan fingerprint density at radius 1 is 1.33 bits per heavy atom. The average molecular weight is 368 g/mol. The van der Waals surface area contributed by atoms with Crippen LogP contribution in [0.5, 0.6) is 0 Å². The van der Waals surface area contributed by atoms with Gasteiger partial charge in [0.1, 0.15) is 28.9 Å². The first kappa shape index (κ1) is 16.8. The highest BCUT2D eigenvalue weighted by Crippen LogP contribution is 2.27. The molecule has 10 heteroatoms. The summed E-state index contributed by atoms with van der Waals surface area (Å²) in [6, 6.07) is 1.73. The Kier molecular flexibility index (Phi) is 5.39. The van der Waals surface area contributed by atoms with Gasteiger partial charge in [-0.2, -0.15) is 10.1 Å². The smallest absolute Gasteiger partial charge is 0.225 e. The number of anilines is 2. The van der Waals surface area contributed by atoms with Crippen molar-refractivity contribution >= 4 is 45.9 Å². The SMILES string of the molecule is CCOCCn1nc(CCl)c2nc(Cl)nc(Nc3ccncn3)c21. The number of ether oxygens (including phenoxy) is 1. The molecule has 0 amide bonds. The molecule has 1 N–H and O–H groups in total. The Morgan fingerprint density at radius 3 is 2.92 bits per heavy atom. The second-order valence-electron chi connectivity index (χ2n) is 4.76. The maximum atomic E-state index is 6.06. The van der Waals surface area contributed by atoms with Gasteiger partial charge in [0.25, 0.3) is 0 Å². The van der Waals surface area contributed by atoms with Gasteiger partial charge in [0.15, 0.2) is 5.82 Å². The lowest BCUT2D eigenvalue weighted by atomic mass is 10.3. The van der Waals surface area contributed by atoms with Crippen molar-refractivity contribution in [2.24, 2.45) is 0 Å². The Morgan fingerprint density at radius 2 is 2.21 bits per heavy atom. The number of aromatic nitrogens is 6. The Labute approximate surface area is 148 Å². The van der Waals surface area contributed by atoms with Crippen LogP contribution in [-0.2, 0) is 17.2 Å². The molecule has 0 atom stereocenters. The summed E-state index contributed by atoms with van der Waals surface area (Å²) >= 11 is 12.0. The molecular formula is C14H15Cl2N7O. The van der Waals surface area contributed by atoms with Crippen molar-refractivity contribution < 1.29 is 4.74 Å². The maximum Gasteiger partial charge on any atom is 0.225 e. The maximum absolute atomic E-state index is 6.06. The van der Waals surface area contributed by atoms with E-state index >= 15 is 0 Å². The number of alkyl halides is 1. The van der Waals surface area contributed by atoms with Gasteiger partial charge in [0.05, 0.1) is 19.0 Å². The molecule has 0 bridgehead atoms. The predicted molar refractivity (Wildman–Crippen MR) is 91.7 cm³/mol. The summed E-state index contributed by atoms with van der Waals surface area (Å²) in [5.41, 5.74) is 1.95. The third-order valence-corrected chi connectivity index (χ3v) is 3.66. The van der Waals surface area contributed by atoms with Crippen LogP contribution in [0.3, 0.4) is 0 Å². The molecule has 0 saturated heterocycles.